The van der Waals surface area contributed by atoms with Crippen LogP contribution < -0.4 is 5.32 Å². The number of carbonyl (C=O) groups excluding carboxylic acids is 1. The second-order valence-electron chi connectivity index (χ2n) is 3.80. The van der Waals surface area contributed by atoms with Crippen molar-refractivity contribution in [3.8, 4) is 0 Å². The van der Waals surface area contributed by atoms with Gasteiger partial charge in [-0.05, 0) is 13.0 Å². The lowest BCUT2D eigenvalue weighted by Crippen LogP contribution is -2.32. The van der Waals surface area contributed by atoms with Gasteiger partial charge >= 0.3 is 5.69 Å². The predicted octanol–water partition coefficient (Wildman–Crippen LogP) is 1.64. The van der Waals surface area contributed by atoms with Crippen LogP contribution in [0.2, 0.25) is 0 Å². The molecule has 1 amide bonds. The minimum atomic E-state index is -1.37. The Kier molecular flexibility index (Phi) is 4.87. The molecule has 0 heterocycles. The Hall–Kier alpha value is -2.09. The van der Waals surface area contributed by atoms with Crippen molar-refractivity contribution in [1.29, 1.82) is 0 Å². The maximum Gasteiger partial charge on any atom is 0.308 e. The number of halogens is 2. The summed E-state index contributed by atoms with van der Waals surface area (Å²) in [5, 5.41) is 12.8. The average molecular weight is 274 g/mol. The molecule has 19 heavy (non-hydrogen) atoms. The van der Waals surface area contributed by atoms with Crippen LogP contribution in [0.15, 0.2) is 12.1 Å². The number of carbonyl (C=O) groups is 1. The molecule has 0 aliphatic carbocycles. The zero-order chi connectivity index (χ0) is 14.6. The molecule has 1 aromatic rings. The molecule has 0 aromatic heterocycles. The highest BCUT2D eigenvalue weighted by Crippen LogP contribution is 2.22. The number of nitro benzene ring substituents is 1. The summed E-state index contributed by atoms with van der Waals surface area (Å²) >= 11 is 0. The Morgan fingerprint density at radius 3 is 2.68 bits per heavy atom. The maximum absolute atomic E-state index is 13.7. The van der Waals surface area contributed by atoms with E-state index < -0.39 is 33.7 Å². The van der Waals surface area contributed by atoms with Gasteiger partial charge in [0.2, 0.25) is 5.82 Å². The largest absolute Gasteiger partial charge is 0.380 e. The van der Waals surface area contributed by atoms with Gasteiger partial charge in [0, 0.05) is 13.7 Å². The van der Waals surface area contributed by atoms with Crippen LogP contribution in [-0.2, 0) is 4.74 Å². The van der Waals surface area contributed by atoms with E-state index in [1.165, 1.54) is 7.11 Å². The molecule has 1 aromatic carbocycles. The molecule has 0 fully saturated rings. The fraction of sp³-hybridized carbons (Fsp3) is 0.364. The van der Waals surface area contributed by atoms with Gasteiger partial charge in [-0.3, -0.25) is 14.9 Å². The van der Waals surface area contributed by atoms with Gasteiger partial charge in [-0.15, -0.1) is 0 Å². The molecule has 1 atom stereocenters. The van der Waals surface area contributed by atoms with Crippen molar-refractivity contribution in [3.63, 3.8) is 0 Å². The predicted molar refractivity (Wildman–Crippen MR) is 61.8 cm³/mol. The Bertz CT molecular complexity index is 508. The zero-order valence-corrected chi connectivity index (χ0v) is 10.3. The number of amides is 1. The van der Waals surface area contributed by atoms with Crippen molar-refractivity contribution in [2.45, 2.75) is 13.0 Å². The number of hydrogen-bond donors (Lipinski definition) is 1. The zero-order valence-electron chi connectivity index (χ0n) is 10.3. The van der Waals surface area contributed by atoms with Crippen molar-refractivity contribution in [1.82, 2.24) is 5.32 Å². The second kappa shape index (κ2) is 6.19. The summed E-state index contributed by atoms with van der Waals surface area (Å²) in [6.45, 7) is 1.73. The third-order valence-electron chi connectivity index (χ3n) is 2.41. The first-order valence-electron chi connectivity index (χ1n) is 5.31. The van der Waals surface area contributed by atoms with Crippen molar-refractivity contribution in [2.75, 3.05) is 13.7 Å². The number of benzene rings is 1. The van der Waals surface area contributed by atoms with Crippen LogP contribution in [0.5, 0.6) is 0 Å². The second-order valence-corrected chi connectivity index (χ2v) is 3.80. The van der Waals surface area contributed by atoms with E-state index in [2.05, 4.69) is 5.32 Å². The summed E-state index contributed by atoms with van der Waals surface area (Å²) in [6.07, 6.45) is -0.324. The molecule has 0 saturated carbocycles. The smallest absolute Gasteiger partial charge is 0.308 e. The molecule has 1 unspecified atom stereocenters. The molecule has 104 valence electrons. The first kappa shape index (κ1) is 15.0. The number of rotatable bonds is 5. The van der Waals surface area contributed by atoms with Gasteiger partial charge in [0.05, 0.1) is 22.7 Å². The molecule has 1 N–H and O–H groups in total. The van der Waals surface area contributed by atoms with E-state index in [0.29, 0.717) is 12.1 Å². The third-order valence-corrected chi connectivity index (χ3v) is 2.41. The monoisotopic (exact) mass is 274 g/mol. The van der Waals surface area contributed by atoms with Gasteiger partial charge in [-0.1, -0.05) is 0 Å². The molecule has 0 aliphatic rings. The van der Waals surface area contributed by atoms with Crippen LogP contribution in [-0.4, -0.2) is 30.6 Å². The fourth-order valence-corrected chi connectivity index (χ4v) is 1.29. The van der Waals surface area contributed by atoms with Crippen LogP contribution in [0.1, 0.15) is 17.3 Å². The summed E-state index contributed by atoms with van der Waals surface area (Å²) in [4.78, 5) is 21.0. The minimum Gasteiger partial charge on any atom is -0.380 e. The Morgan fingerprint density at radius 2 is 2.16 bits per heavy atom. The Balaban J connectivity index is 3.00. The average Bonchev–Trinajstić information content (AvgIpc) is 2.37. The molecule has 0 saturated heterocycles. The van der Waals surface area contributed by atoms with E-state index in [-0.39, 0.29) is 12.6 Å². The molecular weight excluding hydrogens is 262 g/mol. The van der Waals surface area contributed by atoms with Crippen LogP contribution >= 0.6 is 0 Å². The first-order valence-corrected chi connectivity index (χ1v) is 5.31. The van der Waals surface area contributed by atoms with Crippen molar-refractivity contribution in [2.24, 2.45) is 0 Å². The lowest BCUT2D eigenvalue weighted by molar-refractivity contribution is -0.387. The van der Waals surface area contributed by atoms with Crippen molar-refractivity contribution < 1.29 is 23.2 Å². The number of nitro groups is 1. The summed E-state index contributed by atoms with van der Waals surface area (Å²) in [7, 11) is 1.42. The first-order chi connectivity index (χ1) is 8.86. The molecule has 6 nitrogen and oxygen atoms in total. The highest BCUT2D eigenvalue weighted by Gasteiger charge is 2.24. The topological polar surface area (TPSA) is 81.5 Å². The highest BCUT2D eigenvalue weighted by atomic mass is 19.1. The number of nitrogens with zero attached hydrogens (tertiary/aromatic N) is 1. The molecule has 1 rings (SSSR count). The van der Waals surface area contributed by atoms with E-state index in [1.54, 1.807) is 6.92 Å². The molecule has 8 heteroatoms. The highest BCUT2D eigenvalue weighted by molar-refractivity contribution is 5.95. The van der Waals surface area contributed by atoms with Gasteiger partial charge in [-0.2, -0.15) is 4.39 Å². The third kappa shape index (κ3) is 3.68. The summed E-state index contributed by atoms with van der Waals surface area (Å²) in [5.41, 5.74) is -1.79. The molecule has 0 aliphatic heterocycles. The fourth-order valence-electron chi connectivity index (χ4n) is 1.29. The van der Waals surface area contributed by atoms with Gasteiger partial charge in [0.1, 0.15) is 5.82 Å². The lowest BCUT2D eigenvalue weighted by Gasteiger charge is -2.11. The maximum atomic E-state index is 13.7. The number of methoxy groups -OCH3 is 1. The Labute approximate surface area is 107 Å². The SMILES string of the molecule is COC(C)CNC(=O)c1cc(F)cc([N+](=O)[O-])c1F. The van der Waals surface area contributed by atoms with Crippen LogP contribution in [0, 0.1) is 21.7 Å². The van der Waals surface area contributed by atoms with Crippen molar-refractivity contribution >= 4 is 11.6 Å². The molecule has 0 spiro atoms. The quantitative estimate of drug-likeness (QED) is 0.653. The van der Waals surface area contributed by atoms with E-state index in [9.17, 15) is 23.7 Å². The van der Waals surface area contributed by atoms with E-state index in [4.69, 9.17) is 4.74 Å². The van der Waals surface area contributed by atoms with E-state index in [0.717, 1.165) is 0 Å². The van der Waals surface area contributed by atoms with E-state index in [1.807, 2.05) is 0 Å². The lowest BCUT2D eigenvalue weighted by atomic mass is 10.1. The van der Waals surface area contributed by atoms with Crippen LogP contribution in [0.4, 0.5) is 14.5 Å². The van der Waals surface area contributed by atoms with Crippen LogP contribution in [0.3, 0.4) is 0 Å². The van der Waals surface area contributed by atoms with Gasteiger partial charge < -0.3 is 10.1 Å². The van der Waals surface area contributed by atoms with Gasteiger partial charge in [0.25, 0.3) is 5.91 Å². The summed E-state index contributed by atoms with van der Waals surface area (Å²) in [5.74, 6) is -3.36. The van der Waals surface area contributed by atoms with E-state index >= 15 is 0 Å². The normalized spacial score (nSPS) is 12.0. The molecule has 0 bridgehead atoms. The Morgan fingerprint density at radius 1 is 1.53 bits per heavy atom. The van der Waals surface area contributed by atoms with Crippen LogP contribution in [0.25, 0.3) is 0 Å². The van der Waals surface area contributed by atoms with Crippen molar-refractivity contribution in [3.05, 3.63) is 39.4 Å². The number of nitrogens with one attached hydrogen (secondary N) is 1. The number of ether oxygens (including phenoxy) is 1. The summed E-state index contributed by atoms with van der Waals surface area (Å²) in [6, 6.07) is 1.03. The van der Waals surface area contributed by atoms with Gasteiger partial charge in [0.15, 0.2) is 0 Å². The number of hydrogen-bond acceptors (Lipinski definition) is 4. The standard InChI is InChI=1S/C11H12F2N2O4/c1-6(19-2)5-14-11(16)8-3-7(12)4-9(10(8)13)15(17)18/h3-4,6H,5H2,1-2H3,(H,14,16). The summed E-state index contributed by atoms with van der Waals surface area (Å²) < 4.78 is 31.6. The van der Waals surface area contributed by atoms with Gasteiger partial charge in [-0.25, -0.2) is 4.39 Å². The molecule has 0 radical (unpaired) electrons. The molecular formula is C11H12F2N2O4. The minimum absolute atomic E-state index is 0.0685.